The van der Waals surface area contributed by atoms with E-state index in [2.05, 4.69) is 4.99 Å². The quantitative estimate of drug-likeness (QED) is 0.653. The molecule has 0 saturated carbocycles. The summed E-state index contributed by atoms with van der Waals surface area (Å²) in [6.45, 7) is 1.36. The molecule has 1 atom stereocenters. The molecule has 0 spiro atoms. The number of fused-ring (bicyclic) bond motifs is 1. The van der Waals surface area contributed by atoms with Crippen LogP contribution in [0.4, 0.5) is 13.2 Å². The first-order valence-corrected chi connectivity index (χ1v) is 9.07. The second-order valence-corrected chi connectivity index (χ2v) is 7.32. The van der Waals surface area contributed by atoms with Crippen LogP contribution in [0.3, 0.4) is 0 Å². The van der Waals surface area contributed by atoms with Gasteiger partial charge in [-0.15, -0.1) is 0 Å². The van der Waals surface area contributed by atoms with E-state index in [-0.39, 0.29) is 20.6 Å². The van der Waals surface area contributed by atoms with Gasteiger partial charge in [-0.1, -0.05) is 29.0 Å². The fraction of sp³-hybridized carbons (Fsp3) is 0.167. The lowest BCUT2D eigenvalue weighted by atomic mass is 10.2. The first-order chi connectivity index (χ1) is 13.1. The van der Waals surface area contributed by atoms with E-state index >= 15 is 0 Å². The van der Waals surface area contributed by atoms with Crippen molar-refractivity contribution in [3.05, 3.63) is 63.4 Å². The second kappa shape index (κ2) is 7.40. The lowest BCUT2D eigenvalue weighted by Gasteiger charge is -2.11. The fourth-order valence-electron chi connectivity index (χ4n) is 2.56. The van der Waals surface area contributed by atoms with Crippen molar-refractivity contribution in [1.29, 1.82) is 0 Å². The molecule has 3 rings (SSSR count). The van der Waals surface area contributed by atoms with Crippen molar-refractivity contribution in [2.75, 3.05) is 0 Å². The Bertz CT molecular complexity index is 1150. The molecule has 0 aliphatic rings. The molecule has 1 N–H and O–H groups in total. The second-order valence-electron chi connectivity index (χ2n) is 5.88. The lowest BCUT2D eigenvalue weighted by Crippen LogP contribution is -2.25. The van der Waals surface area contributed by atoms with E-state index < -0.39 is 29.7 Å². The van der Waals surface area contributed by atoms with Crippen LogP contribution in [0.5, 0.6) is 0 Å². The van der Waals surface area contributed by atoms with Crippen molar-refractivity contribution in [3.8, 4) is 0 Å². The molecule has 0 saturated heterocycles. The van der Waals surface area contributed by atoms with Crippen molar-refractivity contribution < 1.29 is 27.9 Å². The summed E-state index contributed by atoms with van der Waals surface area (Å²) in [5.74, 6) is -1.90. The van der Waals surface area contributed by atoms with Gasteiger partial charge in [0.2, 0.25) is 0 Å². The van der Waals surface area contributed by atoms with E-state index in [1.807, 2.05) is 0 Å². The number of rotatable bonds is 3. The van der Waals surface area contributed by atoms with Gasteiger partial charge < -0.3 is 9.67 Å². The molecular weight excluding hydrogens is 417 g/mol. The zero-order chi connectivity index (χ0) is 20.6. The molecule has 0 radical (unpaired) electrons. The summed E-state index contributed by atoms with van der Waals surface area (Å²) in [5.41, 5.74) is -0.454. The van der Waals surface area contributed by atoms with Crippen LogP contribution in [0.1, 0.15) is 28.9 Å². The largest absolute Gasteiger partial charge is 0.480 e. The minimum absolute atomic E-state index is 0.0193. The number of carbonyl (C=O) groups excluding carboxylic acids is 1. The Hall–Kier alpha value is -2.65. The number of benzene rings is 2. The predicted octanol–water partition coefficient (Wildman–Crippen LogP) is 4.76. The topological polar surface area (TPSA) is 71.7 Å². The molecule has 2 aromatic carbocycles. The highest BCUT2D eigenvalue weighted by Gasteiger charge is 2.31. The summed E-state index contributed by atoms with van der Waals surface area (Å²) < 4.78 is 40.4. The van der Waals surface area contributed by atoms with Crippen molar-refractivity contribution in [1.82, 2.24) is 4.57 Å². The Balaban J connectivity index is 2.23. The highest BCUT2D eigenvalue weighted by atomic mass is 35.5. The number of hydrogen-bond donors (Lipinski definition) is 1. The Kier molecular flexibility index (Phi) is 5.31. The number of thiazole rings is 1. The molecule has 0 bridgehead atoms. The third-order valence-electron chi connectivity index (χ3n) is 3.97. The molecule has 0 aliphatic carbocycles. The molecule has 3 aromatic rings. The molecule has 10 heteroatoms. The number of hydrogen-bond acceptors (Lipinski definition) is 3. The summed E-state index contributed by atoms with van der Waals surface area (Å²) in [6, 6.07) is 7.82. The number of carbonyl (C=O) groups is 2. The molecule has 1 heterocycles. The zero-order valence-corrected chi connectivity index (χ0v) is 15.8. The van der Waals surface area contributed by atoms with Crippen LogP contribution < -0.4 is 4.80 Å². The van der Waals surface area contributed by atoms with E-state index in [4.69, 9.17) is 11.6 Å². The smallest absolute Gasteiger partial charge is 0.416 e. The molecule has 1 unspecified atom stereocenters. The van der Waals surface area contributed by atoms with Crippen molar-refractivity contribution in [3.63, 3.8) is 0 Å². The number of carboxylic acids is 1. The fourth-order valence-corrected chi connectivity index (χ4v) is 3.88. The summed E-state index contributed by atoms with van der Waals surface area (Å²) in [6.07, 6.45) is -4.55. The zero-order valence-electron chi connectivity index (χ0n) is 14.2. The van der Waals surface area contributed by atoms with Crippen LogP contribution in [0.25, 0.3) is 10.2 Å². The maximum atomic E-state index is 13.0. The first kappa shape index (κ1) is 20.1. The molecule has 146 valence electrons. The van der Waals surface area contributed by atoms with E-state index in [0.29, 0.717) is 5.02 Å². The Labute approximate surface area is 165 Å². The highest BCUT2D eigenvalue weighted by Crippen LogP contribution is 2.32. The van der Waals surface area contributed by atoms with Crippen LogP contribution in [-0.4, -0.2) is 21.6 Å². The third kappa shape index (κ3) is 3.95. The molecule has 28 heavy (non-hydrogen) atoms. The Morgan fingerprint density at radius 2 is 1.93 bits per heavy atom. The van der Waals surface area contributed by atoms with Crippen molar-refractivity contribution in [2.24, 2.45) is 4.99 Å². The van der Waals surface area contributed by atoms with Gasteiger partial charge in [0.15, 0.2) is 4.80 Å². The average Bonchev–Trinajstić information content (AvgIpc) is 2.97. The number of amides is 1. The van der Waals surface area contributed by atoms with Crippen LogP contribution in [-0.2, 0) is 11.0 Å². The summed E-state index contributed by atoms with van der Waals surface area (Å²) in [5, 5.41) is 9.69. The van der Waals surface area contributed by atoms with Gasteiger partial charge in [0.1, 0.15) is 6.04 Å². The van der Waals surface area contributed by atoms with E-state index in [1.165, 1.54) is 29.7 Å². The van der Waals surface area contributed by atoms with E-state index in [1.54, 1.807) is 12.1 Å². The standard InChI is InChI=1S/C18H12ClF3N2O3S/c1-9(16(26)27)24-13-6-5-11(18(20,21)22)8-14(13)28-17(24)23-15(25)10-3-2-4-12(19)7-10/h2-9H,1H3,(H,26,27). The highest BCUT2D eigenvalue weighted by molar-refractivity contribution is 7.16. The number of halogens is 4. The maximum absolute atomic E-state index is 13.0. The molecule has 5 nitrogen and oxygen atoms in total. The monoisotopic (exact) mass is 428 g/mol. The number of carboxylic acid groups (broad SMARTS) is 1. The third-order valence-corrected chi connectivity index (χ3v) is 5.22. The van der Waals surface area contributed by atoms with Crippen LogP contribution in [0.2, 0.25) is 5.02 Å². The predicted molar refractivity (Wildman–Crippen MR) is 98.5 cm³/mol. The first-order valence-electron chi connectivity index (χ1n) is 7.87. The summed E-state index contributed by atoms with van der Waals surface area (Å²) >= 11 is 6.67. The van der Waals surface area contributed by atoms with Crippen molar-refractivity contribution >= 4 is 45.0 Å². The average molecular weight is 429 g/mol. The van der Waals surface area contributed by atoms with Gasteiger partial charge >= 0.3 is 12.1 Å². The molecule has 0 aliphatic heterocycles. The Morgan fingerprint density at radius 1 is 1.21 bits per heavy atom. The number of alkyl halides is 3. The van der Waals surface area contributed by atoms with Crippen molar-refractivity contribution in [2.45, 2.75) is 19.1 Å². The summed E-state index contributed by atoms with van der Waals surface area (Å²) in [4.78, 5) is 27.9. The van der Waals surface area contributed by atoms with Gasteiger partial charge in [0, 0.05) is 10.6 Å². The molecule has 0 fully saturated rings. The van der Waals surface area contributed by atoms with Crippen LogP contribution >= 0.6 is 22.9 Å². The molecule has 1 amide bonds. The van der Waals surface area contributed by atoms with Gasteiger partial charge in [0.25, 0.3) is 5.91 Å². The van der Waals surface area contributed by atoms with Gasteiger partial charge in [-0.25, -0.2) is 4.79 Å². The molecule has 1 aromatic heterocycles. The minimum Gasteiger partial charge on any atom is -0.480 e. The molecular formula is C18H12ClF3N2O3S. The van der Waals surface area contributed by atoms with Gasteiger partial charge in [-0.05, 0) is 43.3 Å². The van der Waals surface area contributed by atoms with E-state index in [9.17, 15) is 27.9 Å². The minimum atomic E-state index is -4.55. The summed E-state index contributed by atoms with van der Waals surface area (Å²) in [7, 11) is 0. The van der Waals surface area contributed by atoms with Crippen LogP contribution in [0.15, 0.2) is 47.5 Å². The van der Waals surface area contributed by atoms with Gasteiger partial charge in [-0.2, -0.15) is 18.2 Å². The van der Waals surface area contributed by atoms with Crippen LogP contribution in [0, 0.1) is 0 Å². The SMILES string of the molecule is CC(C(=O)O)n1c(=NC(=O)c2cccc(Cl)c2)sc2cc(C(F)(F)F)ccc21. The normalized spacial score (nSPS) is 13.7. The van der Waals surface area contributed by atoms with Gasteiger partial charge in [0.05, 0.1) is 15.8 Å². The number of nitrogens with zero attached hydrogens (tertiary/aromatic N) is 2. The Morgan fingerprint density at radius 3 is 2.54 bits per heavy atom. The van der Waals surface area contributed by atoms with E-state index in [0.717, 1.165) is 23.5 Å². The number of aliphatic carboxylic acids is 1. The van der Waals surface area contributed by atoms with Gasteiger partial charge in [-0.3, -0.25) is 4.79 Å². The number of aromatic nitrogens is 1. The maximum Gasteiger partial charge on any atom is 0.416 e. The lowest BCUT2D eigenvalue weighted by molar-refractivity contribution is -0.140.